The third-order valence-electron chi connectivity index (χ3n) is 1.55. The highest BCUT2D eigenvalue weighted by atomic mass is 79.9. The van der Waals surface area contributed by atoms with Gasteiger partial charge in [-0.1, -0.05) is 27.5 Å². The Morgan fingerprint density at radius 1 is 1.58 bits per heavy atom. The Morgan fingerprint density at radius 2 is 2.25 bits per heavy atom. The maximum absolute atomic E-state index is 8.63. The first-order chi connectivity index (χ1) is 5.65. The second kappa shape index (κ2) is 3.93. The van der Waals surface area contributed by atoms with E-state index in [4.69, 9.17) is 16.9 Å². The summed E-state index contributed by atoms with van der Waals surface area (Å²) < 4.78 is 0. The number of rotatable bonds is 1. The van der Waals surface area contributed by atoms with E-state index in [9.17, 15) is 0 Å². The molecule has 12 heavy (non-hydrogen) atoms. The number of hydrogen-bond donors (Lipinski definition) is 0. The van der Waals surface area contributed by atoms with Crippen LogP contribution >= 0.6 is 27.5 Å². The molecular formula is C9H7BrClN. The average Bonchev–Trinajstić information content (AvgIpc) is 2.05. The van der Waals surface area contributed by atoms with Gasteiger partial charge in [0.1, 0.15) is 0 Å². The van der Waals surface area contributed by atoms with Gasteiger partial charge in [0, 0.05) is 9.85 Å². The molecule has 1 aromatic rings. The molecule has 1 nitrogen and oxygen atoms in total. The van der Waals surface area contributed by atoms with Crippen molar-refractivity contribution in [3.63, 3.8) is 0 Å². The summed E-state index contributed by atoms with van der Waals surface area (Å²) in [5, 5.41) is 9.32. The third kappa shape index (κ3) is 2.00. The van der Waals surface area contributed by atoms with E-state index in [0.717, 1.165) is 5.56 Å². The first-order valence-corrected chi connectivity index (χ1v) is 4.78. The molecule has 0 fully saturated rings. The van der Waals surface area contributed by atoms with Crippen molar-refractivity contribution in [3.05, 3.63) is 34.3 Å². The van der Waals surface area contributed by atoms with E-state index in [-0.39, 0.29) is 4.83 Å². The molecule has 0 radical (unpaired) electrons. The summed E-state index contributed by atoms with van der Waals surface area (Å²) in [5.41, 5.74) is 1.59. The van der Waals surface area contributed by atoms with Crippen LogP contribution < -0.4 is 0 Å². The fraction of sp³-hybridized carbons (Fsp3) is 0.222. The van der Waals surface area contributed by atoms with Crippen LogP contribution in [0, 0.1) is 11.3 Å². The standard InChI is InChI=1S/C9H7BrClN/c1-6(10)8-4-7(5-12)2-3-9(8)11/h2-4,6H,1H3. The predicted molar refractivity (Wildman–Crippen MR) is 53.5 cm³/mol. The molecule has 0 spiro atoms. The van der Waals surface area contributed by atoms with E-state index in [0.29, 0.717) is 10.6 Å². The van der Waals surface area contributed by atoms with Gasteiger partial charge in [0.05, 0.1) is 11.6 Å². The van der Waals surface area contributed by atoms with Gasteiger partial charge in [0.2, 0.25) is 0 Å². The summed E-state index contributed by atoms with van der Waals surface area (Å²) in [5.74, 6) is 0. The molecule has 0 N–H and O–H groups in total. The fourth-order valence-corrected chi connectivity index (χ4v) is 1.71. The lowest BCUT2D eigenvalue weighted by Crippen LogP contribution is -1.86. The van der Waals surface area contributed by atoms with Gasteiger partial charge in [0.15, 0.2) is 0 Å². The molecule has 1 atom stereocenters. The fourth-order valence-electron chi connectivity index (χ4n) is 0.918. The number of halogens is 2. The Kier molecular flexibility index (Phi) is 3.13. The number of alkyl halides is 1. The molecule has 1 rings (SSSR count). The van der Waals surface area contributed by atoms with Gasteiger partial charge in [-0.15, -0.1) is 0 Å². The monoisotopic (exact) mass is 243 g/mol. The van der Waals surface area contributed by atoms with Gasteiger partial charge >= 0.3 is 0 Å². The van der Waals surface area contributed by atoms with Gasteiger partial charge in [0.25, 0.3) is 0 Å². The van der Waals surface area contributed by atoms with Crippen LogP contribution in [0.25, 0.3) is 0 Å². The second-order valence-corrected chi connectivity index (χ2v) is 4.24. The summed E-state index contributed by atoms with van der Waals surface area (Å²) in [6, 6.07) is 7.32. The Morgan fingerprint density at radius 3 is 2.75 bits per heavy atom. The van der Waals surface area contributed by atoms with Crippen molar-refractivity contribution in [2.45, 2.75) is 11.8 Å². The summed E-state index contributed by atoms with van der Waals surface area (Å²) in [6.45, 7) is 1.97. The van der Waals surface area contributed by atoms with E-state index in [1.165, 1.54) is 0 Å². The number of hydrogen-bond acceptors (Lipinski definition) is 1. The van der Waals surface area contributed by atoms with E-state index in [2.05, 4.69) is 22.0 Å². The normalized spacial score (nSPS) is 12.2. The van der Waals surface area contributed by atoms with Crippen LogP contribution in [0.15, 0.2) is 18.2 Å². The first-order valence-electron chi connectivity index (χ1n) is 3.48. The zero-order valence-corrected chi connectivity index (χ0v) is 8.85. The van der Waals surface area contributed by atoms with E-state index >= 15 is 0 Å². The van der Waals surface area contributed by atoms with E-state index in [1.54, 1.807) is 18.2 Å². The minimum absolute atomic E-state index is 0.179. The highest BCUT2D eigenvalue weighted by molar-refractivity contribution is 9.09. The largest absolute Gasteiger partial charge is 0.192 e. The number of benzene rings is 1. The lowest BCUT2D eigenvalue weighted by molar-refractivity contribution is 1.12. The third-order valence-corrected chi connectivity index (χ3v) is 2.39. The van der Waals surface area contributed by atoms with Gasteiger partial charge in [-0.2, -0.15) is 5.26 Å². The number of nitriles is 1. The van der Waals surface area contributed by atoms with Crippen LogP contribution in [0.2, 0.25) is 5.02 Å². The lowest BCUT2D eigenvalue weighted by atomic mass is 10.1. The van der Waals surface area contributed by atoms with Crippen molar-refractivity contribution in [1.82, 2.24) is 0 Å². The van der Waals surface area contributed by atoms with Crippen molar-refractivity contribution >= 4 is 27.5 Å². The van der Waals surface area contributed by atoms with Crippen LogP contribution in [-0.4, -0.2) is 0 Å². The van der Waals surface area contributed by atoms with Crippen LogP contribution in [0.3, 0.4) is 0 Å². The Labute approximate surface area is 85.1 Å². The maximum Gasteiger partial charge on any atom is 0.0991 e. The molecule has 0 saturated heterocycles. The van der Waals surface area contributed by atoms with E-state index < -0.39 is 0 Å². The van der Waals surface area contributed by atoms with Crippen molar-refractivity contribution in [3.8, 4) is 6.07 Å². The topological polar surface area (TPSA) is 23.8 Å². The molecule has 0 bridgehead atoms. The van der Waals surface area contributed by atoms with Crippen LogP contribution in [-0.2, 0) is 0 Å². The molecule has 0 aliphatic heterocycles. The predicted octanol–water partition coefficient (Wildman–Crippen LogP) is 3.67. The van der Waals surface area contributed by atoms with Gasteiger partial charge in [-0.05, 0) is 30.7 Å². The molecule has 0 aromatic heterocycles. The SMILES string of the molecule is CC(Br)c1cc(C#N)ccc1Cl. The summed E-state index contributed by atoms with van der Waals surface area (Å²) in [4.78, 5) is 0.179. The molecule has 3 heteroatoms. The Bertz CT molecular complexity index is 328. The minimum Gasteiger partial charge on any atom is -0.192 e. The smallest absolute Gasteiger partial charge is 0.0991 e. The van der Waals surface area contributed by atoms with Crippen molar-refractivity contribution < 1.29 is 0 Å². The van der Waals surface area contributed by atoms with Gasteiger partial charge in [-0.25, -0.2) is 0 Å². The Balaban J connectivity index is 3.19. The molecule has 0 saturated carbocycles. The molecule has 0 amide bonds. The summed E-state index contributed by atoms with van der Waals surface area (Å²) in [6.07, 6.45) is 0. The van der Waals surface area contributed by atoms with Crippen LogP contribution in [0.1, 0.15) is 22.9 Å². The molecule has 1 aromatic carbocycles. The molecular weight excluding hydrogens is 237 g/mol. The minimum atomic E-state index is 0.179. The Hall–Kier alpha value is -0.520. The van der Waals surface area contributed by atoms with Crippen molar-refractivity contribution in [2.75, 3.05) is 0 Å². The molecule has 0 aliphatic rings. The van der Waals surface area contributed by atoms with Gasteiger partial charge < -0.3 is 0 Å². The quantitative estimate of drug-likeness (QED) is 0.692. The van der Waals surface area contributed by atoms with E-state index in [1.807, 2.05) is 6.92 Å². The van der Waals surface area contributed by atoms with Crippen molar-refractivity contribution in [1.29, 1.82) is 5.26 Å². The molecule has 0 aliphatic carbocycles. The lowest BCUT2D eigenvalue weighted by Gasteiger charge is -2.05. The van der Waals surface area contributed by atoms with Crippen LogP contribution in [0.5, 0.6) is 0 Å². The van der Waals surface area contributed by atoms with Gasteiger partial charge in [-0.3, -0.25) is 0 Å². The number of nitrogens with zero attached hydrogens (tertiary/aromatic N) is 1. The average molecular weight is 245 g/mol. The molecule has 0 heterocycles. The zero-order valence-electron chi connectivity index (χ0n) is 6.51. The maximum atomic E-state index is 8.63. The summed E-state index contributed by atoms with van der Waals surface area (Å²) >= 11 is 9.31. The second-order valence-electron chi connectivity index (χ2n) is 2.46. The van der Waals surface area contributed by atoms with Crippen molar-refractivity contribution in [2.24, 2.45) is 0 Å². The highest BCUT2D eigenvalue weighted by Gasteiger charge is 2.06. The highest BCUT2D eigenvalue weighted by Crippen LogP contribution is 2.29. The van der Waals surface area contributed by atoms with Crippen LogP contribution in [0.4, 0.5) is 0 Å². The first kappa shape index (κ1) is 9.57. The zero-order chi connectivity index (χ0) is 9.14. The molecule has 62 valence electrons. The molecule has 1 unspecified atom stereocenters. The summed E-state index contributed by atoms with van der Waals surface area (Å²) in [7, 11) is 0.